The molecule has 0 unspecified atom stereocenters. The molecule has 4 heavy (non-hydrogen) atoms. The standard InChI is InChI=1S/In.Sb.2Sn.10H. The molecule has 0 saturated heterocycles. The van der Waals surface area contributed by atoms with Gasteiger partial charge in [-0.2, -0.15) is 0 Å². The van der Waals surface area contributed by atoms with Crippen LogP contribution in [-0.4, -0.2) is 98.1 Å². The third-order valence-electron chi connectivity index (χ3n) is 0. The summed E-state index contributed by atoms with van der Waals surface area (Å²) < 4.78 is 0. The first-order valence-corrected chi connectivity index (χ1v) is 0. The van der Waals surface area contributed by atoms with Crippen molar-refractivity contribution in [3.8, 4) is 0 Å². The maximum atomic E-state index is 0. The van der Waals surface area contributed by atoms with Gasteiger partial charge in [0.25, 0.3) is 0 Å². The van der Waals surface area contributed by atoms with Gasteiger partial charge in [0.05, 0.1) is 0 Å². The van der Waals surface area contributed by atoms with Crippen LogP contribution in [0.15, 0.2) is 0 Å². The molecule has 0 spiro atoms. The van der Waals surface area contributed by atoms with Crippen LogP contribution >= 0.6 is 0 Å². The SMILES string of the molecule is [InH3].[SbH3].[SnH2].[SnH2]. The van der Waals surface area contributed by atoms with Gasteiger partial charge < -0.3 is 0 Å². The summed E-state index contributed by atoms with van der Waals surface area (Å²) in [5.74, 6) is 0. The van der Waals surface area contributed by atoms with Crippen molar-refractivity contribution in [2.75, 3.05) is 0 Å². The van der Waals surface area contributed by atoms with Gasteiger partial charge in [0.15, 0.2) is 0 Å². The Morgan fingerprint density at radius 3 is 0.750 bits per heavy atom. The van der Waals surface area contributed by atoms with Crippen LogP contribution in [0, 0.1) is 0 Å². The van der Waals surface area contributed by atoms with Crippen LogP contribution in [0.2, 0.25) is 0 Å². The van der Waals surface area contributed by atoms with E-state index in [1.54, 1.807) is 0 Å². The molecule has 0 nitrogen and oxygen atoms in total. The fourth-order valence-corrected chi connectivity index (χ4v) is 0. The van der Waals surface area contributed by atoms with Crippen LogP contribution in [0.25, 0.3) is 0 Å². The minimum atomic E-state index is 0. The predicted molar refractivity (Wildman–Crippen MR) is 37.0 cm³/mol. The number of hydrogen-bond acceptors (Lipinski definition) is 0. The van der Waals surface area contributed by atoms with Crippen LogP contribution in [0.3, 0.4) is 0 Å². The zero-order valence-corrected chi connectivity index (χ0v) is 14.2. The molecule has 0 aliphatic carbocycles. The zero-order valence-electron chi connectivity index (χ0n) is 2.12. The minimum absolute atomic E-state index is 0. The molecular formula is H10InSbSn2. The Kier molecular flexibility index (Phi) is 108. The van der Waals surface area contributed by atoms with Gasteiger partial charge in [-0.25, -0.2) is 0 Å². The monoisotopic (exact) mass is 486 g/mol. The second kappa shape index (κ2) is 16.3. The topological polar surface area (TPSA) is 0 Å². The fourth-order valence-electron chi connectivity index (χ4n) is 0. The van der Waals surface area contributed by atoms with Gasteiger partial charge in [-0.1, -0.05) is 0 Å². The first kappa shape index (κ1) is 26.7. The first-order valence-electron chi connectivity index (χ1n) is 0. The second-order valence-corrected chi connectivity index (χ2v) is 0. The molecule has 0 aromatic heterocycles. The van der Waals surface area contributed by atoms with E-state index >= 15 is 0 Å². The van der Waals surface area contributed by atoms with Gasteiger partial charge in [0, 0.05) is 0 Å². The molecule has 0 heterocycles. The summed E-state index contributed by atoms with van der Waals surface area (Å²) in [4.78, 5) is 0. The molecule has 0 amide bonds. The number of hydrogen-bond donors (Lipinski definition) is 0. The van der Waals surface area contributed by atoms with Crippen molar-refractivity contribution in [1.29, 1.82) is 0 Å². The summed E-state index contributed by atoms with van der Waals surface area (Å²) in [6.45, 7) is 0. The molecule has 4 heteroatoms. The maximum absolute atomic E-state index is 0. The van der Waals surface area contributed by atoms with E-state index in [0.29, 0.717) is 0 Å². The Morgan fingerprint density at radius 2 is 0.750 bits per heavy atom. The molecule has 0 aliphatic rings. The van der Waals surface area contributed by atoms with Gasteiger partial charge in [-0.05, 0) is 0 Å². The Bertz CT molecular complexity index is 6.00. The van der Waals surface area contributed by atoms with Crippen molar-refractivity contribution in [3.05, 3.63) is 0 Å². The summed E-state index contributed by atoms with van der Waals surface area (Å²) in [7, 11) is 0. The molecule has 0 atom stereocenters. The van der Waals surface area contributed by atoms with Gasteiger partial charge in [-0.3, -0.25) is 0 Å². The summed E-state index contributed by atoms with van der Waals surface area (Å²) in [5.41, 5.74) is 0. The summed E-state index contributed by atoms with van der Waals surface area (Å²) in [5, 5.41) is 0. The van der Waals surface area contributed by atoms with E-state index in [1.165, 1.54) is 0 Å². The third kappa shape index (κ3) is 8.99. The second-order valence-electron chi connectivity index (χ2n) is 0. The third-order valence-corrected chi connectivity index (χ3v) is 0. The van der Waals surface area contributed by atoms with E-state index in [-0.39, 0.29) is 98.1 Å². The van der Waals surface area contributed by atoms with E-state index in [9.17, 15) is 0 Å². The fraction of sp³-hybridized carbons (Fsp3) is 0. The van der Waals surface area contributed by atoms with Gasteiger partial charge in [0.2, 0.25) is 0 Å². The molecule has 0 saturated carbocycles. The molecule has 0 N–H and O–H groups in total. The van der Waals surface area contributed by atoms with Crippen LogP contribution < -0.4 is 0 Å². The Hall–Kier alpha value is 3.29. The molecule has 4 radical (unpaired) electrons. The van der Waals surface area contributed by atoms with E-state index in [0.717, 1.165) is 0 Å². The van der Waals surface area contributed by atoms with Crippen LogP contribution in [0.1, 0.15) is 0 Å². The quantitative estimate of drug-likeness (QED) is 0.307. The van der Waals surface area contributed by atoms with Crippen molar-refractivity contribution in [2.45, 2.75) is 0 Å². The molecule has 26 valence electrons. The molecular weight excluding hydrogens is 474 g/mol. The average molecular weight is 484 g/mol. The van der Waals surface area contributed by atoms with Crippen molar-refractivity contribution in [1.82, 2.24) is 0 Å². The Labute approximate surface area is 96.0 Å². The van der Waals surface area contributed by atoms with Crippen molar-refractivity contribution < 1.29 is 0 Å². The average Bonchev–Trinajstić information content (AvgIpc) is 0. The first-order chi connectivity index (χ1) is 0. The van der Waals surface area contributed by atoms with Crippen molar-refractivity contribution in [3.63, 3.8) is 0 Å². The van der Waals surface area contributed by atoms with Crippen LogP contribution in [0.4, 0.5) is 0 Å². The van der Waals surface area contributed by atoms with Gasteiger partial charge in [-0.15, -0.1) is 0 Å². The van der Waals surface area contributed by atoms with Gasteiger partial charge in [0.1, 0.15) is 0 Å². The molecule has 0 aromatic carbocycles. The molecule has 0 aromatic rings. The van der Waals surface area contributed by atoms with Crippen LogP contribution in [0.5, 0.6) is 0 Å². The van der Waals surface area contributed by atoms with Crippen molar-refractivity contribution >= 4 is 98.1 Å². The normalized spacial score (nSPS) is 0. The van der Waals surface area contributed by atoms with E-state index in [1.807, 2.05) is 0 Å². The molecule has 0 bridgehead atoms. The summed E-state index contributed by atoms with van der Waals surface area (Å²) in [6.07, 6.45) is 0. The Morgan fingerprint density at radius 1 is 0.750 bits per heavy atom. The Balaban J connectivity index is 0. The zero-order chi connectivity index (χ0) is 0. The van der Waals surface area contributed by atoms with E-state index in [2.05, 4.69) is 0 Å². The molecule has 0 aliphatic heterocycles. The number of rotatable bonds is 0. The summed E-state index contributed by atoms with van der Waals surface area (Å²) >= 11 is 0. The van der Waals surface area contributed by atoms with Gasteiger partial charge >= 0.3 is 98.1 Å². The van der Waals surface area contributed by atoms with E-state index < -0.39 is 0 Å². The molecule has 0 rings (SSSR count). The van der Waals surface area contributed by atoms with Crippen LogP contribution in [-0.2, 0) is 0 Å². The molecule has 0 fully saturated rings. The summed E-state index contributed by atoms with van der Waals surface area (Å²) in [6, 6.07) is 0. The predicted octanol–water partition coefficient (Wildman–Crippen LogP) is -4.20. The van der Waals surface area contributed by atoms with E-state index in [4.69, 9.17) is 0 Å². The van der Waals surface area contributed by atoms with Crippen molar-refractivity contribution in [2.24, 2.45) is 0 Å².